The van der Waals surface area contributed by atoms with Gasteiger partial charge in [-0.15, -0.1) is 0 Å². The van der Waals surface area contributed by atoms with Gasteiger partial charge >= 0.3 is 5.97 Å². The van der Waals surface area contributed by atoms with E-state index in [9.17, 15) is 4.79 Å². The summed E-state index contributed by atoms with van der Waals surface area (Å²) in [6.45, 7) is 4.99. The van der Waals surface area contributed by atoms with Gasteiger partial charge in [0, 0.05) is 46.4 Å². The molecule has 0 rings (SSSR count). The number of methoxy groups -OCH3 is 3. The number of hydrogen-bond donors (Lipinski definition) is 0. The van der Waals surface area contributed by atoms with Crippen molar-refractivity contribution in [2.75, 3.05) is 41.2 Å². The fourth-order valence-corrected chi connectivity index (χ4v) is 1.67. The van der Waals surface area contributed by atoms with Gasteiger partial charge in [0.1, 0.15) is 6.10 Å². The van der Waals surface area contributed by atoms with Crippen LogP contribution < -0.4 is 0 Å². The largest absolute Gasteiger partial charge is 0.456 e. The molecule has 0 saturated heterocycles. The molecule has 0 unspecified atom stereocenters. The van der Waals surface area contributed by atoms with Crippen LogP contribution in [0.15, 0.2) is 0 Å². The molecule has 0 N–H and O–H groups in total. The van der Waals surface area contributed by atoms with Crippen LogP contribution in [0, 0.1) is 17.8 Å². The molecule has 6 nitrogen and oxygen atoms in total. The highest BCUT2D eigenvalue weighted by atomic mass is 16.7. The number of carbonyl (C=O) groups excluding carboxylic acids is 1. The molecule has 0 aromatic heterocycles. The molecule has 0 heterocycles. The van der Waals surface area contributed by atoms with Crippen molar-refractivity contribution in [1.82, 2.24) is 0 Å². The second kappa shape index (κ2) is 12.6. The molecular weight excluding hydrogens is 276 g/mol. The summed E-state index contributed by atoms with van der Waals surface area (Å²) < 4.78 is 26.0. The molecule has 0 aromatic carbocycles. The quantitative estimate of drug-likeness (QED) is 0.199. The second-order valence-corrected chi connectivity index (χ2v) is 4.30. The predicted molar refractivity (Wildman–Crippen MR) is 77.6 cm³/mol. The highest BCUT2D eigenvalue weighted by Gasteiger charge is 2.27. The van der Waals surface area contributed by atoms with Crippen molar-refractivity contribution >= 4 is 5.97 Å². The minimum atomic E-state index is -0.556. The van der Waals surface area contributed by atoms with Gasteiger partial charge in [-0.25, -0.2) is 4.79 Å². The number of hydrogen-bond acceptors (Lipinski definition) is 6. The summed E-state index contributed by atoms with van der Waals surface area (Å²) in [5.41, 5.74) is 0. The Labute approximate surface area is 127 Å². The molecule has 0 spiro atoms. The molecule has 21 heavy (non-hydrogen) atoms. The standard InChI is InChI=1S/C15H26O6/c1-6-20-13(16)9-8-12(2)14(15(18-4)19-5)21-11-7-10-17-3/h12,14-15H,6-7,10-11H2,1-5H3/t12-,14+/m0/s1. The summed E-state index contributed by atoms with van der Waals surface area (Å²) in [5, 5.41) is 0. The first-order chi connectivity index (χ1) is 10.1. The normalized spacial score (nSPS) is 13.4. The van der Waals surface area contributed by atoms with E-state index in [1.165, 1.54) is 14.2 Å². The Bertz CT molecular complexity index is 329. The predicted octanol–water partition coefficient (Wildman–Crippen LogP) is 1.23. The topological polar surface area (TPSA) is 63.2 Å². The third-order valence-corrected chi connectivity index (χ3v) is 2.71. The van der Waals surface area contributed by atoms with Gasteiger partial charge < -0.3 is 23.7 Å². The molecule has 2 atom stereocenters. The second-order valence-electron chi connectivity index (χ2n) is 4.30. The van der Waals surface area contributed by atoms with Crippen LogP contribution in [0.25, 0.3) is 0 Å². The Morgan fingerprint density at radius 1 is 1.14 bits per heavy atom. The summed E-state index contributed by atoms with van der Waals surface area (Å²) >= 11 is 0. The maximum Gasteiger partial charge on any atom is 0.384 e. The third-order valence-electron chi connectivity index (χ3n) is 2.71. The first-order valence-electron chi connectivity index (χ1n) is 6.95. The maximum absolute atomic E-state index is 11.3. The van der Waals surface area contributed by atoms with Gasteiger partial charge in [-0.05, 0) is 20.3 Å². The van der Waals surface area contributed by atoms with E-state index in [0.29, 0.717) is 19.8 Å². The van der Waals surface area contributed by atoms with Crippen LogP contribution in [-0.4, -0.2) is 59.5 Å². The van der Waals surface area contributed by atoms with Crippen molar-refractivity contribution < 1.29 is 28.5 Å². The molecule has 0 fully saturated rings. The molecule has 0 aliphatic rings. The van der Waals surface area contributed by atoms with Crippen molar-refractivity contribution in [3.8, 4) is 11.8 Å². The number of ether oxygens (including phenoxy) is 5. The Morgan fingerprint density at radius 3 is 2.33 bits per heavy atom. The average Bonchev–Trinajstić information content (AvgIpc) is 2.48. The van der Waals surface area contributed by atoms with Crippen LogP contribution in [0.2, 0.25) is 0 Å². The van der Waals surface area contributed by atoms with Gasteiger partial charge in [-0.1, -0.05) is 5.92 Å². The molecule has 122 valence electrons. The van der Waals surface area contributed by atoms with E-state index in [1.54, 1.807) is 14.0 Å². The van der Waals surface area contributed by atoms with Crippen molar-refractivity contribution in [3.05, 3.63) is 0 Å². The number of carbonyl (C=O) groups is 1. The highest BCUT2D eigenvalue weighted by molar-refractivity contribution is 5.88. The van der Waals surface area contributed by atoms with Gasteiger partial charge in [-0.3, -0.25) is 0 Å². The van der Waals surface area contributed by atoms with Gasteiger partial charge in [0.15, 0.2) is 6.29 Å². The summed E-state index contributed by atoms with van der Waals surface area (Å²) in [6, 6.07) is 0. The van der Waals surface area contributed by atoms with E-state index >= 15 is 0 Å². The fourth-order valence-electron chi connectivity index (χ4n) is 1.67. The molecular formula is C15H26O6. The Morgan fingerprint density at radius 2 is 1.81 bits per heavy atom. The van der Waals surface area contributed by atoms with E-state index in [1.807, 2.05) is 6.92 Å². The van der Waals surface area contributed by atoms with Crippen LogP contribution in [0.3, 0.4) is 0 Å². The molecule has 0 radical (unpaired) electrons. The van der Waals surface area contributed by atoms with Gasteiger partial charge in [0.25, 0.3) is 0 Å². The smallest absolute Gasteiger partial charge is 0.384 e. The Hall–Kier alpha value is -1.13. The van der Waals surface area contributed by atoms with Crippen molar-refractivity contribution in [1.29, 1.82) is 0 Å². The molecule has 6 heteroatoms. The molecule has 0 aromatic rings. The number of esters is 1. The fraction of sp³-hybridized carbons (Fsp3) is 0.800. The maximum atomic E-state index is 11.3. The van der Waals surface area contributed by atoms with E-state index < -0.39 is 18.4 Å². The first kappa shape index (κ1) is 19.9. The lowest BCUT2D eigenvalue weighted by molar-refractivity contribution is -0.189. The highest BCUT2D eigenvalue weighted by Crippen LogP contribution is 2.15. The Balaban J connectivity index is 4.64. The molecule has 0 aliphatic carbocycles. The van der Waals surface area contributed by atoms with Crippen LogP contribution in [0.5, 0.6) is 0 Å². The minimum absolute atomic E-state index is 0.248. The van der Waals surface area contributed by atoms with E-state index in [2.05, 4.69) is 11.8 Å². The van der Waals surface area contributed by atoms with E-state index in [4.69, 9.17) is 23.7 Å². The molecule has 0 amide bonds. The van der Waals surface area contributed by atoms with Gasteiger partial charge in [0.2, 0.25) is 0 Å². The monoisotopic (exact) mass is 302 g/mol. The van der Waals surface area contributed by atoms with Crippen molar-refractivity contribution in [3.63, 3.8) is 0 Å². The van der Waals surface area contributed by atoms with E-state index in [0.717, 1.165) is 6.42 Å². The summed E-state index contributed by atoms with van der Waals surface area (Å²) in [5.74, 6) is 4.46. The first-order valence-corrected chi connectivity index (χ1v) is 6.95. The molecule has 0 bridgehead atoms. The van der Waals surface area contributed by atoms with Crippen LogP contribution in [-0.2, 0) is 28.5 Å². The van der Waals surface area contributed by atoms with Gasteiger partial charge in [-0.2, -0.15) is 0 Å². The Kier molecular flexibility index (Phi) is 11.9. The van der Waals surface area contributed by atoms with E-state index in [-0.39, 0.29) is 5.92 Å². The van der Waals surface area contributed by atoms with Crippen molar-refractivity contribution in [2.45, 2.75) is 32.7 Å². The van der Waals surface area contributed by atoms with Crippen LogP contribution in [0.4, 0.5) is 0 Å². The zero-order chi connectivity index (χ0) is 16.1. The van der Waals surface area contributed by atoms with Crippen molar-refractivity contribution in [2.24, 2.45) is 5.92 Å². The van der Waals surface area contributed by atoms with Crippen LogP contribution in [0.1, 0.15) is 20.3 Å². The summed E-state index contributed by atoms with van der Waals surface area (Å²) in [4.78, 5) is 11.3. The molecule has 0 aliphatic heterocycles. The lowest BCUT2D eigenvalue weighted by Gasteiger charge is -2.27. The lowest BCUT2D eigenvalue weighted by atomic mass is 10.0. The zero-order valence-corrected chi connectivity index (χ0v) is 13.5. The third kappa shape index (κ3) is 8.68. The minimum Gasteiger partial charge on any atom is -0.456 e. The number of rotatable bonds is 10. The summed E-state index contributed by atoms with van der Waals surface area (Å²) in [7, 11) is 4.70. The molecule has 0 saturated carbocycles. The SMILES string of the molecule is CCOC(=O)C#C[C@H](C)[C@@H](OCCCOC)C(OC)OC. The summed E-state index contributed by atoms with van der Waals surface area (Å²) in [6.07, 6.45) is -0.205. The van der Waals surface area contributed by atoms with Gasteiger partial charge in [0.05, 0.1) is 6.61 Å². The average molecular weight is 302 g/mol. The zero-order valence-electron chi connectivity index (χ0n) is 13.5. The lowest BCUT2D eigenvalue weighted by Crippen LogP contribution is -2.37. The van der Waals surface area contributed by atoms with Crippen LogP contribution >= 0.6 is 0 Å².